The Hall–Kier alpha value is -3.61. The van der Waals surface area contributed by atoms with Crippen LogP contribution < -0.4 is 16.3 Å². The number of carbonyl (C=O) groups is 2. The van der Waals surface area contributed by atoms with E-state index in [0.717, 1.165) is 10.9 Å². The van der Waals surface area contributed by atoms with Crippen molar-refractivity contribution in [2.24, 2.45) is 0 Å². The van der Waals surface area contributed by atoms with Crippen molar-refractivity contribution in [3.05, 3.63) is 64.0 Å². The number of carbonyl (C=O) groups excluding carboxylic acids is 2. The van der Waals surface area contributed by atoms with E-state index in [-0.39, 0.29) is 30.4 Å². The minimum absolute atomic E-state index is 0.0173. The molecule has 0 aliphatic rings. The molecule has 7 nitrogen and oxygen atoms in total. The molecule has 2 aromatic carbocycles. The third-order valence-electron chi connectivity index (χ3n) is 4.34. The van der Waals surface area contributed by atoms with E-state index in [1.807, 2.05) is 0 Å². The van der Waals surface area contributed by atoms with Gasteiger partial charge in [-0.15, -0.1) is 0 Å². The zero-order valence-corrected chi connectivity index (χ0v) is 15.5. The smallest absolute Gasteiger partial charge is 0.339 e. The van der Waals surface area contributed by atoms with Crippen molar-refractivity contribution in [1.29, 1.82) is 0 Å². The molecule has 1 aromatic heterocycles. The van der Waals surface area contributed by atoms with Gasteiger partial charge in [0.05, 0.1) is 0 Å². The number of hydrogen-bond donors (Lipinski definition) is 3. The first-order valence-electron chi connectivity index (χ1n) is 8.76. The van der Waals surface area contributed by atoms with Gasteiger partial charge < -0.3 is 20.2 Å². The van der Waals surface area contributed by atoms with E-state index in [1.165, 1.54) is 19.1 Å². The lowest BCUT2D eigenvalue weighted by molar-refractivity contribution is -0.116. The first-order chi connectivity index (χ1) is 13.3. The Balaban J connectivity index is 1.72. The predicted molar refractivity (Wildman–Crippen MR) is 107 cm³/mol. The molecule has 0 atom stereocenters. The Bertz CT molecular complexity index is 1120. The van der Waals surface area contributed by atoms with Crippen LogP contribution in [0.15, 0.2) is 51.7 Å². The average molecular weight is 380 g/mol. The number of phenolic OH excluding ortho intramolecular Hbond substituents is 1. The number of hydrogen-bond acceptors (Lipinski definition) is 5. The summed E-state index contributed by atoms with van der Waals surface area (Å²) in [6.07, 6.45) is 0.321. The van der Waals surface area contributed by atoms with Crippen molar-refractivity contribution in [2.45, 2.75) is 26.7 Å². The van der Waals surface area contributed by atoms with E-state index in [4.69, 9.17) is 4.42 Å². The maximum Gasteiger partial charge on any atom is 0.339 e. The summed E-state index contributed by atoms with van der Waals surface area (Å²) in [7, 11) is 0. The fourth-order valence-electron chi connectivity index (χ4n) is 3.01. The molecule has 0 spiro atoms. The highest BCUT2D eigenvalue weighted by molar-refractivity contribution is 5.93. The van der Waals surface area contributed by atoms with Crippen molar-refractivity contribution >= 4 is 34.2 Å². The van der Waals surface area contributed by atoms with Crippen LogP contribution in [0, 0.1) is 6.92 Å². The molecule has 3 aromatic rings. The summed E-state index contributed by atoms with van der Waals surface area (Å²) in [4.78, 5) is 35.7. The van der Waals surface area contributed by atoms with Gasteiger partial charge in [0.1, 0.15) is 11.3 Å². The maximum absolute atomic E-state index is 12.3. The summed E-state index contributed by atoms with van der Waals surface area (Å²) in [5, 5.41) is 15.6. The van der Waals surface area contributed by atoms with Crippen molar-refractivity contribution < 1.29 is 19.1 Å². The van der Waals surface area contributed by atoms with E-state index in [1.54, 1.807) is 37.3 Å². The Morgan fingerprint density at radius 3 is 2.50 bits per heavy atom. The second kappa shape index (κ2) is 7.96. The Morgan fingerprint density at radius 2 is 1.79 bits per heavy atom. The molecule has 28 heavy (non-hydrogen) atoms. The van der Waals surface area contributed by atoms with E-state index in [0.29, 0.717) is 22.5 Å². The molecule has 3 rings (SSSR count). The largest absolute Gasteiger partial charge is 0.508 e. The number of fused-ring (bicyclic) bond motifs is 1. The average Bonchev–Trinajstić information content (AvgIpc) is 2.60. The predicted octanol–water partition coefficient (Wildman–Crippen LogP) is 3.34. The third-order valence-corrected chi connectivity index (χ3v) is 4.34. The second-order valence-corrected chi connectivity index (χ2v) is 6.48. The van der Waals surface area contributed by atoms with Gasteiger partial charge in [-0.3, -0.25) is 9.59 Å². The summed E-state index contributed by atoms with van der Waals surface area (Å²) in [6.45, 7) is 3.20. The summed E-state index contributed by atoms with van der Waals surface area (Å²) in [5.74, 6) is -0.441. The van der Waals surface area contributed by atoms with Gasteiger partial charge in [-0.05, 0) is 49.2 Å². The molecule has 0 aliphatic heterocycles. The topological polar surface area (TPSA) is 109 Å². The molecule has 7 heteroatoms. The van der Waals surface area contributed by atoms with Crippen LogP contribution in [0.25, 0.3) is 11.0 Å². The summed E-state index contributed by atoms with van der Waals surface area (Å²) >= 11 is 0. The monoisotopic (exact) mass is 380 g/mol. The molecule has 0 saturated heterocycles. The number of nitrogens with one attached hydrogen (secondary N) is 2. The quantitative estimate of drug-likeness (QED) is 0.588. The van der Waals surface area contributed by atoms with Crippen LogP contribution in [0.3, 0.4) is 0 Å². The van der Waals surface area contributed by atoms with Crippen molar-refractivity contribution in [1.82, 2.24) is 0 Å². The standard InChI is InChI=1S/C21H20N2O5/c1-12-17-7-6-16(25)11-19(17)28-21(27)18(12)8-9-20(26)23-15-5-3-4-14(10-15)22-13(2)24/h3-7,10-11,25H,8-9H2,1-2H3,(H,22,24)(H,23,26). The second-order valence-electron chi connectivity index (χ2n) is 6.48. The maximum atomic E-state index is 12.3. The zero-order valence-electron chi connectivity index (χ0n) is 15.5. The van der Waals surface area contributed by atoms with Crippen molar-refractivity contribution in [3.8, 4) is 5.75 Å². The number of benzene rings is 2. The van der Waals surface area contributed by atoms with E-state index in [9.17, 15) is 19.5 Å². The van der Waals surface area contributed by atoms with Gasteiger partial charge in [-0.25, -0.2) is 4.79 Å². The molecule has 0 fully saturated rings. The van der Waals surface area contributed by atoms with Crippen molar-refractivity contribution in [3.63, 3.8) is 0 Å². The number of amides is 2. The van der Waals surface area contributed by atoms with Gasteiger partial charge in [0.15, 0.2) is 0 Å². The first kappa shape index (κ1) is 19.2. The number of aryl methyl sites for hydroxylation is 1. The van der Waals surface area contributed by atoms with E-state index >= 15 is 0 Å². The Kier molecular flexibility index (Phi) is 5.44. The van der Waals surface area contributed by atoms with Crippen molar-refractivity contribution in [2.75, 3.05) is 10.6 Å². The lowest BCUT2D eigenvalue weighted by atomic mass is 10.0. The number of phenols is 1. The molecule has 0 unspecified atom stereocenters. The van der Waals surface area contributed by atoms with Gasteiger partial charge in [-0.1, -0.05) is 6.07 Å². The zero-order chi connectivity index (χ0) is 20.3. The van der Waals surface area contributed by atoms with Gasteiger partial charge in [0.25, 0.3) is 0 Å². The fourth-order valence-corrected chi connectivity index (χ4v) is 3.01. The normalized spacial score (nSPS) is 10.6. The summed E-state index contributed by atoms with van der Waals surface area (Å²) in [6, 6.07) is 11.4. The molecule has 0 saturated carbocycles. The Labute approximate surface area is 161 Å². The van der Waals surface area contributed by atoms with Crippen LogP contribution >= 0.6 is 0 Å². The summed E-state index contributed by atoms with van der Waals surface area (Å²) < 4.78 is 5.27. The molecule has 0 bridgehead atoms. The number of anilines is 2. The van der Waals surface area contributed by atoms with Crippen LogP contribution in [0.5, 0.6) is 5.75 Å². The van der Waals surface area contributed by atoms with Crippen LogP contribution in [0.2, 0.25) is 0 Å². The first-order valence-corrected chi connectivity index (χ1v) is 8.76. The van der Waals surface area contributed by atoms with Crippen LogP contribution in [0.4, 0.5) is 11.4 Å². The molecule has 1 heterocycles. The molecule has 0 radical (unpaired) electrons. The fraction of sp³-hybridized carbons (Fsp3) is 0.190. The highest BCUT2D eigenvalue weighted by atomic mass is 16.4. The number of rotatable bonds is 5. The minimum Gasteiger partial charge on any atom is -0.508 e. The van der Waals surface area contributed by atoms with Gasteiger partial charge in [-0.2, -0.15) is 0 Å². The molecular formula is C21H20N2O5. The Morgan fingerprint density at radius 1 is 1.07 bits per heavy atom. The molecule has 0 aliphatic carbocycles. The highest BCUT2D eigenvalue weighted by Crippen LogP contribution is 2.24. The molecule has 2 amide bonds. The lowest BCUT2D eigenvalue weighted by Gasteiger charge is -2.09. The highest BCUT2D eigenvalue weighted by Gasteiger charge is 2.13. The molecule has 144 valence electrons. The molecular weight excluding hydrogens is 360 g/mol. The lowest BCUT2D eigenvalue weighted by Crippen LogP contribution is -2.16. The van der Waals surface area contributed by atoms with Gasteiger partial charge in [0, 0.05) is 41.7 Å². The number of aromatic hydroxyl groups is 1. The summed E-state index contributed by atoms with van der Waals surface area (Å²) in [5.41, 5.74) is 2.09. The van der Waals surface area contributed by atoms with Gasteiger partial charge >= 0.3 is 5.63 Å². The van der Waals surface area contributed by atoms with E-state index < -0.39 is 5.63 Å². The minimum atomic E-state index is -0.518. The SMILES string of the molecule is CC(=O)Nc1cccc(NC(=O)CCc2c(C)c3ccc(O)cc3oc2=O)c1. The van der Waals surface area contributed by atoms with E-state index in [2.05, 4.69) is 10.6 Å². The third kappa shape index (κ3) is 4.37. The molecule has 3 N–H and O–H groups in total. The van der Waals surface area contributed by atoms with Crippen LogP contribution in [-0.4, -0.2) is 16.9 Å². The van der Waals surface area contributed by atoms with Gasteiger partial charge in [0.2, 0.25) is 11.8 Å². The van der Waals surface area contributed by atoms with Crippen LogP contribution in [-0.2, 0) is 16.0 Å². The van der Waals surface area contributed by atoms with Crippen LogP contribution in [0.1, 0.15) is 24.5 Å².